The van der Waals surface area contributed by atoms with Gasteiger partial charge >= 0.3 is 5.97 Å². The molecular formula is C7H11N3O2. The molecule has 0 amide bonds. The molecule has 66 valence electrons. The van der Waals surface area contributed by atoms with E-state index in [2.05, 4.69) is 10.3 Å². The predicted molar refractivity (Wildman–Crippen MR) is 42.0 cm³/mol. The third-order valence-corrected chi connectivity index (χ3v) is 1.64. The molecule has 0 fully saturated rings. The van der Waals surface area contributed by atoms with Crippen LogP contribution < -0.4 is 0 Å². The standard InChI is InChI=1S/C7H11N3O2/c1-3-5-6(7(11)12)10(4-2)9-8-5/h3-4H2,1-2H3,(H,11,12). The first-order valence-electron chi connectivity index (χ1n) is 3.86. The van der Waals surface area contributed by atoms with E-state index < -0.39 is 5.97 Å². The highest BCUT2D eigenvalue weighted by Crippen LogP contribution is 2.05. The van der Waals surface area contributed by atoms with Crippen LogP contribution in [-0.4, -0.2) is 26.1 Å². The first-order valence-corrected chi connectivity index (χ1v) is 3.86. The molecule has 0 aromatic carbocycles. The number of nitrogens with zero attached hydrogens (tertiary/aromatic N) is 3. The summed E-state index contributed by atoms with van der Waals surface area (Å²) in [7, 11) is 0. The molecule has 5 heteroatoms. The van der Waals surface area contributed by atoms with Gasteiger partial charge < -0.3 is 5.11 Å². The van der Waals surface area contributed by atoms with E-state index in [1.165, 1.54) is 4.68 Å². The minimum Gasteiger partial charge on any atom is -0.476 e. The van der Waals surface area contributed by atoms with Crippen molar-refractivity contribution in [3.8, 4) is 0 Å². The van der Waals surface area contributed by atoms with Crippen LogP contribution in [0.4, 0.5) is 0 Å². The summed E-state index contributed by atoms with van der Waals surface area (Å²) in [5.74, 6) is -0.960. The molecule has 0 spiro atoms. The third-order valence-electron chi connectivity index (χ3n) is 1.64. The summed E-state index contributed by atoms with van der Waals surface area (Å²) in [5.41, 5.74) is 0.754. The second kappa shape index (κ2) is 3.34. The van der Waals surface area contributed by atoms with Crippen molar-refractivity contribution in [2.45, 2.75) is 26.8 Å². The van der Waals surface area contributed by atoms with Crippen LogP contribution in [0.3, 0.4) is 0 Å². The molecule has 0 atom stereocenters. The smallest absolute Gasteiger partial charge is 0.356 e. The zero-order valence-corrected chi connectivity index (χ0v) is 7.11. The van der Waals surface area contributed by atoms with Gasteiger partial charge in [-0.25, -0.2) is 9.48 Å². The number of rotatable bonds is 3. The van der Waals surface area contributed by atoms with E-state index >= 15 is 0 Å². The molecule has 1 aromatic rings. The van der Waals surface area contributed by atoms with Gasteiger partial charge in [0.25, 0.3) is 0 Å². The summed E-state index contributed by atoms with van der Waals surface area (Å²) in [5, 5.41) is 16.3. The maximum atomic E-state index is 10.7. The molecule has 0 bridgehead atoms. The van der Waals surface area contributed by atoms with Crippen molar-refractivity contribution in [3.05, 3.63) is 11.4 Å². The monoisotopic (exact) mass is 169 g/mol. The van der Waals surface area contributed by atoms with Crippen LogP contribution in [0.15, 0.2) is 0 Å². The van der Waals surface area contributed by atoms with E-state index in [-0.39, 0.29) is 5.69 Å². The van der Waals surface area contributed by atoms with Crippen LogP contribution in [0.25, 0.3) is 0 Å². The Morgan fingerprint density at radius 1 is 1.58 bits per heavy atom. The summed E-state index contributed by atoms with van der Waals surface area (Å²) < 4.78 is 1.39. The quantitative estimate of drug-likeness (QED) is 0.717. The van der Waals surface area contributed by atoms with Crippen molar-refractivity contribution in [1.29, 1.82) is 0 Å². The van der Waals surface area contributed by atoms with Crippen LogP contribution in [0.2, 0.25) is 0 Å². The lowest BCUT2D eigenvalue weighted by atomic mass is 10.2. The number of aromatic nitrogens is 3. The van der Waals surface area contributed by atoms with Crippen molar-refractivity contribution >= 4 is 5.97 Å². The van der Waals surface area contributed by atoms with Gasteiger partial charge in [0.1, 0.15) is 0 Å². The predicted octanol–water partition coefficient (Wildman–Crippen LogP) is 0.559. The van der Waals surface area contributed by atoms with E-state index in [0.29, 0.717) is 18.7 Å². The fraction of sp³-hybridized carbons (Fsp3) is 0.571. The van der Waals surface area contributed by atoms with Gasteiger partial charge in [-0.2, -0.15) is 0 Å². The van der Waals surface area contributed by atoms with Crippen molar-refractivity contribution < 1.29 is 9.90 Å². The van der Waals surface area contributed by atoms with Crippen molar-refractivity contribution in [1.82, 2.24) is 15.0 Å². The van der Waals surface area contributed by atoms with Crippen LogP contribution in [0.5, 0.6) is 0 Å². The van der Waals surface area contributed by atoms with Gasteiger partial charge in [-0.05, 0) is 13.3 Å². The summed E-state index contributed by atoms with van der Waals surface area (Å²) in [6.07, 6.45) is 0.599. The second-order valence-corrected chi connectivity index (χ2v) is 2.36. The SMILES string of the molecule is CCc1nnn(CC)c1C(=O)O. The lowest BCUT2D eigenvalue weighted by molar-refractivity contribution is 0.0682. The second-order valence-electron chi connectivity index (χ2n) is 2.36. The van der Waals surface area contributed by atoms with Crippen LogP contribution in [-0.2, 0) is 13.0 Å². The Kier molecular flexibility index (Phi) is 2.42. The molecule has 1 N–H and O–H groups in total. The van der Waals surface area contributed by atoms with E-state index in [0.717, 1.165) is 0 Å². The summed E-state index contributed by atoms with van der Waals surface area (Å²) in [6, 6.07) is 0. The normalized spacial score (nSPS) is 10.2. The van der Waals surface area contributed by atoms with Gasteiger partial charge in [-0.1, -0.05) is 12.1 Å². The number of aryl methyl sites for hydroxylation is 2. The fourth-order valence-electron chi connectivity index (χ4n) is 1.04. The molecule has 0 saturated heterocycles. The minimum absolute atomic E-state index is 0.208. The molecule has 0 aliphatic heterocycles. The van der Waals surface area contributed by atoms with Crippen LogP contribution in [0.1, 0.15) is 30.0 Å². The molecule has 0 unspecified atom stereocenters. The zero-order valence-electron chi connectivity index (χ0n) is 7.11. The first-order chi connectivity index (χ1) is 5.70. The molecule has 0 aliphatic rings. The number of aromatic carboxylic acids is 1. The number of hydrogen-bond donors (Lipinski definition) is 1. The Hall–Kier alpha value is -1.39. The number of carboxylic acids is 1. The Morgan fingerprint density at radius 3 is 2.67 bits per heavy atom. The molecule has 1 aromatic heterocycles. The number of carbonyl (C=O) groups is 1. The van der Waals surface area contributed by atoms with Gasteiger partial charge in [0.05, 0.1) is 5.69 Å². The van der Waals surface area contributed by atoms with Crippen molar-refractivity contribution in [2.75, 3.05) is 0 Å². The Balaban J connectivity index is 3.16. The Bertz CT molecular complexity index is 271. The molecule has 0 saturated carbocycles. The fourth-order valence-corrected chi connectivity index (χ4v) is 1.04. The van der Waals surface area contributed by atoms with Crippen molar-refractivity contribution in [2.24, 2.45) is 0 Å². The van der Waals surface area contributed by atoms with Gasteiger partial charge in [0, 0.05) is 6.54 Å². The molecule has 0 aliphatic carbocycles. The first kappa shape index (κ1) is 8.70. The zero-order chi connectivity index (χ0) is 9.14. The maximum Gasteiger partial charge on any atom is 0.356 e. The molecule has 0 radical (unpaired) electrons. The maximum absolute atomic E-state index is 10.7. The average molecular weight is 169 g/mol. The van der Waals surface area contributed by atoms with E-state index in [9.17, 15) is 4.79 Å². The molecular weight excluding hydrogens is 158 g/mol. The third kappa shape index (κ3) is 1.30. The highest BCUT2D eigenvalue weighted by molar-refractivity contribution is 5.86. The van der Waals surface area contributed by atoms with E-state index in [4.69, 9.17) is 5.11 Å². The highest BCUT2D eigenvalue weighted by atomic mass is 16.4. The van der Waals surface area contributed by atoms with Gasteiger partial charge in [-0.15, -0.1) is 5.10 Å². The van der Waals surface area contributed by atoms with Crippen molar-refractivity contribution in [3.63, 3.8) is 0 Å². The molecule has 1 rings (SSSR count). The number of carboxylic acid groups (broad SMARTS) is 1. The lowest BCUT2D eigenvalue weighted by Gasteiger charge is -1.97. The van der Waals surface area contributed by atoms with E-state index in [1.54, 1.807) is 0 Å². The number of hydrogen-bond acceptors (Lipinski definition) is 3. The van der Waals surface area contributed by atoms with Gasteiger partial charge in [-0.3, -0.25) is 0 Å². The van der Waals surface area contributed by atoms with Gasteiger partial charge in [0.2, 0.25) is 0 Å². The molecule has 1 heterocycles. The topological polar surface area (TPSA) is 68.0 Å². The van der Waals surface area contributed by atoms with Crippen LogP contribution in [0, 0.1) is 0 Å². The lowest BCUT2D eigenvalue weighted by Crippen LogP contribution is -2.10. The minimum atomic E-state index is -0.960. The van der Waals surface area contributed by atoms with Gasteiger partial charge in [0.15, 0.2) is 5.69 Å². The largest absolute Gasteiger partial charge is 0.476 e. The summed E-state index contributed by atoms with van der Waals surface area (Å²) in [6.45, 7) is 4.23. The summed E-state index contributed by atoms with van der Waals surface area (Å²) >= 11 is 0. The van der Waals surface area contributed by atoms with Crippen LogP contribution >= 0.6 is 0 Å². The molecule has 12 heavy (non-hydrogen) atoms. The van der Waals surface area contributed by atoms with E-state index in [1.807, 2.05) is 13.8 Å². The Morgan fingerprint density at radius 2 is 2.25 bits per heavy atom. The Labute approximate surface area is 70.0 Å². The molecule has 5 nitrogen and oxygen atoms in total. The highest BCUT2D eigenvalue weighted by Gasteiger charge is 2.16. The average Bonchev–Trinajstić information content (AvgIpc) is 2.46. The summed E-state index contributed by atoms with van der Waals surface area (Å²) in [4.78, 5) is 10.7.